The van der Waals surface area contributed by atoms with Crippen LogP contribution in [0.1, 0.15) is 22.5 Å². The number of nitriles is 1. The molecule has 0 aromatic carbocycles. The van der Waals surface area contributed by atoms with E-state index in [1.54, 1.807) is 35.6 Å². The van der Waals surface area contributed by atoms with E-state index < -0.39 is 0 Å². The zero-order valence-electron chi connectivity index (χ0n) is 10.6. The monoisotopic (exact) mass is 333 g/mol. The normalized spacial score (nSPS) is 10.0. The number of halogens is 1. The lowest BCUT2D eigenvalue weighted by atomic mass is 10.2. The predicted molar refractivity (Wildman–Crippen MR) is 75.6 cm³/mol. The fraction of sp³-hybridized carbons (Fsp3) is 0.214. The molecule has 0 atom stereocenters. The van der Waals surface area contributed by atoms with Crippen molar-refractivity contribution in [3.8, 4) is 6.07 Å². The largest absolute Gasteiger partial charge is 0.467 e. The second kappa shape index (κ2) is 6.87. The van der Waals surface area contributed by atoms with Crippen LogP contribution < -0.4 is 0 Å². The van der Waals surface area contributed by atoms with Gasteiger partial charge in [0.05, 0.1) is 30.9 Å². The molecule has 0 saturated heterocycles. The summed E-state index contributed by atoms with van der Waals surface area (Å²) < 4.78 is 5.99. The minimum Gasteiger partial charge on any atom is -0.467 e. The molecule has 0 unspecified atom stereocenters. The zero-order chi connectivity index (χ0) is 14.4. The van der Waals surface area contributed by atoms with E-state index >= 15 is 0 Å². The molecular formula is C14H12BrN3O2. The van der Waals surface area contributed by atoms with Crippen LogP contribution >= 0.6 is 15.9 Å². The summed E-state index contributed by atoms with van der Waals surface area (Å²) in [7, 11) is 0. The third kappa shape index (κ3) is 3.68. The molecule has 0 saturated carbocycles. The van der Waals surface area contributed by atoms with Gasteiger partial charge in [-0.2, -0.15) is 5.26 Å². The summed E-state index contributed by atoms with van der Waals surface area (Å²) in [5.74, 6) is 0.504. The van der Waals surface area contributed by atoms with Crippen LogP contribution in [0.4, 0.5) is 0 Å². The molecule has 0 aliphatic rings. The first-order valence-corrected chi connectivity index (χ1v) is 6.79. The lowest BCUT2D eigenvalue weighted by molar-refractivity contribution is 0.0735. The van der Waals surface area contributed by atoms with Gasteiger partial charge < -0.3 is 9.32 Å². The molecule has 0 aliphatic carbocycles. The lowest BCUT2D eigenvalue weighted by Crippen LogP contribution is -2.31. The zero-order valence-corrected chi connectivity index (χ0v) is 12.2. The van der Waals surface area contributed by atoms with Crippen LogP contribution in [0.3, 0.4) is 0 Å². The van der Waals surface area contributed by atoms with E-state index in [0.717, 1.165) is 4.47 Å². The van der Waals surface area contributed by atoms with Crippen LogP contribution in [0, 0.1) is 11.3 Å². The van der Waals surface area contributed by atoms with Crippen LogP contribution in [-0.4, -0.2) is 22.3 Å². The van der Waals surface area contributed by atoms with Gasteiger partial charge >= 0.3 is 0 Å². The van der Waals surface area contributed by atoms with Crippen molar-refractivity contribution in [2.24, 2.45) is 0 Å². The third-order valence-corrected chi connectivity index (χ3v) is 3.09. The van der Waals surface area contributed by atoms with Crippen LogP contribution in [0.5, 0.6) is 0 Å². The van der Waals surface area contributed by atoms with Crippen molar-refractivity contribution in [2.75, 3.05) is 6.54 Å². The molecule has 0 bridgehead atoms. The Kier molecular flexibility index (Phi) is 4.91. The van der Waals surface area contributed by atoms with Crippen molar-refractivity contribution in [1.29, 1.82) is 5.26 Å². The first kappa shape index (κ1) is 14.3. The molecule has 6 heteroatoms. The van der Waals surface area contributed by atoms with Crippen molar-refractivity contribution in [1.82, 2.24) is 9.88 Å². The van der Waals surface area contributed by atoms with E-state index in [0.29, 0.717) is 24.4 Å². The van der Waals surface area contributed by atoms with E-state index in [2.05, 4.69) is 20.9 Å². The average Bonchev–Trinajstić information content (AvgIpc) is 2.95. The van der Waals surface area contributed by atoms with E-state index in [1.165, 1.54) is 6.20 Å². The highest BCUT2D eigenvalue weighted by Gasteiger charge is 2.17. The van der Waals surface area contributed by atoms with Crippen molar-refractivity contribution < 1.29 is 9.21 Å². The first-order chi connectivity index (χ1) is 9.70. The first-order valence-electron chi connectivity index (χ1n) is 6.00. The molecule has 5 nitrogen and oxygen atoms in total. The molecule has 2 aromatic heterocycles. The molecule has 2 aromatic rings. The van der Waals surface area contributed by atoms with Gasteiger partial charge in [0, 0.05) is 23.4 Å². The Hall–Kier alpha value is -2.13. The molecule has 0 N–H and O–H groups in total. The number of hydrogen-bond donors (Lipinski definition) is 0. The fourth-order valence-corrected chi connectivity index (χ4v) is 2.10. The second-order valence-electron chi connectivity index (χ2n) is 4.11. The molecular weight excluding hydrogens is 322 g/mol. The van der Waals surface area contributed by atoms with Crippen molar-refractivity contribution in [3.05, 3.63) is 52.7 Å². The van der Waals surface area contributed by atoms with Gasteiger partial charge in [0.25, 0.3) is 5.91 Å². The van der Waals surface area contributed by atoms with E-state index in [-0.39, 0.29) is 12.3 Å². The van der Waals surface area contributed by atoms with Crippen molar-refractivity contribution in [3.63, 3.8) is 0 Å². The van der Waals surface area contributed by atoms with Gasteiger partial charge in [-0.05, 0) is 34.1 Å². The Morgan fingerprint density at radius 3 is 3.00 bits per heavy atom. The number of amides is 1. The van der Waals surface area contributed by atoms with Crippen LogP contribution in [-0.2, 0) is 6.54 Å². The maximum atomic E-state index is 12.4. The lowest BCUT2D eigenvalue weighted by Gasteiger charge is -2.20. The summed E-state index contributed by atoms with van der Waals surface area (Å²) in [6, 6.07) is 7.32. The fourth-order valence-electron chi connectivity index (χ4n) is 1.74. The molecule has 1 amide bonds. The van der Waals surface area contributed by atoms with Crippen molar-refractivity contribution in [2.45, 2.75) is 13.0 Å². The number of hydrogen-bond acceptors (Lipinski definition) is 4. The Morgan fingerprint density at radius 1 is 1.50 bits per heavy atom. The number of aromatic nitrogens is 1. The minimum atomic E-state index is -0.176. The quantitative estimate of drug-likeness (QED) is 0.843. The standard InChI is InChI=1S/C14H12BrN3O2/c15-12-7-11(8-17-9-12)14(19)18(5-2-4-16)10-13-3-1-6-20-13/h1,3,6-9H,2,5,10H2. The summed E-state index contributed by atoms with van der Waals surface area (Å²) >= 11 is 3.29. The van der Waals surface area contributed by atoms with Crippen LogP contribution in [0.25, 0.3) is 0 Å². The summed E-state index contributed by atoms with van der Waals surface area (Å²) in [5, 5.41) is 8.71. The van der Waals surface area contributed by atoms with Gasteiger partial charge in [0.2, 0.25) is 0 Å². The predicted octanol–water partition coefficient (Wildman–Crippen LogP) is 2.99. The molecule has 0 spiro atoms. The number of pyridine rings is 1. The number of carbonyl (C=O) groups is 1. The van der Waals surface area contributed by atoms with Gasteiger partial charge in [0.1, 0.15) is 5.76 Å². The second-order valence-corrected chi connectivity index (χ2v) is 5.02. The molecule has 102 valence electrons. The van der Waals surface area contributed by atoms with E-state index in [4.69, 9.17) is 9.68 Å². The topological polar surface area (TPSA) is 70.1 Å². The highest BCUT2D eigenvalue weighted by molar-refractivity contribution is 9.10. The van der Waals surface area contributed by atoms with Gasteiger partial charge in [-0.3, -0.25) is 9.78 Å². The minimum absolute atomic E-state index is 0.176. The third-order valence-electron chi connectivity index (χ3n) is 2.66. The SMILES string of the molecule is N#CCCN(Cc1ccco1)C(=O)c1cncc(Br)c1. The summed E-state index contributed by atoms with van der Waals surface area (Å²) in [4.78, 5) is 18.0. The summed E-state index contributed by atoms with van der Waals surface area (Å²) in [6.45, 7) is 0.683. The maximum absolute atomic E-state index is 12.4. The van der Waals surface area contributed by atoms with Gasteiger partial charge in [-0.25, -0.2) is 0 Å². The smallest absolute Gasteiger partial charge is 0.255 e. The Morgan fingerprint density at radius 2 is 2.35 bits per heavy atom. The maximum Gasteiger partial charge on any atom is 0.255 e. The van der Waals surface area contributed by atoms with Crippen molar-refractivity contribution >= 4 is 21.8 Å². The molecule has 0 radical (unpaired) electrons. The van der Waals surface area contributed by atoms with Crippen LogP contribution in [0.2, 0.25) is 0 Å². The number of nitrogens with zero attached hydrogens (tertiary/aromatic N) is 3. The van der Waals surface area contributed by atoms with Crippen LogP contribution in [0.15, 0.2) is 45.7 Å². The number of carbonyl (C=O) groups excluding carboxylic acids is 1. The average molecular weight is 334 g/mol. The molecule has 0 aliphatic heterocycles. The molecule has 0 fully saturated rings. The Balaban J connectivity index is 2.17. The van der Waals surface area contributed by atoms with E-state index in [9.17, 15) is 4.79 Å². The number of rotatable bonds is 5. The Labute approximate surface area is 125 Å². The van der Waals surface area contributed by atoms with Gasteiger partial charge in [0.15, 0.2) is 0 Å². The summed E-state index contributed by atoms with van der Waals surface area (Å²) in [6.07, 6.45) is 4.95. The number of furan rings is 1. The van der Waals surface area contributed by atoms with Gasteiger partial charge in [-0.1, -0.05) is 0 Å². The highest BCUT2D eigenvalue weighted by atomic mass is 79.9. The summed E-state index contributed by atoms with van der Waals surface area (Å²) in [5.41, 5.74) is 0.476. The molecule has 2 heterocycles. The van der Waals surface area contributed by atoms with Gasteiger partial charge in [-0.15, -0.1) is 0 Å². The Bertz CT molecular complexity index is 620. The molecule has 20 heavy (non-hydrogen) atoms. The highest BCUT2D eigenvalue weighted by Crippen LogP contribution is 2.14. The molecule has 2 rings (SSSR count). The van der Waals surface area contributed by atoms with E-state index in [1.807, 2.05) is 6.07 Å².